The van der Waals surface area contributed by atoms with Crippen LogP contribution in [-0.2, 0) is 65.4 Å². The van der Waals surface area contributed by atoms with Crippen molar-refractivity contribution in [3.63, 3.8) is 0 Å². The van der Waals surface area contributed by atoms with Gasteiger partial charge in [-0.1, -0.05) is 357 Å². The van der Waals surface area contributed by atoms with Gasteiger partial charge >= 0.3 is 39.5 Å². The predicted molar refractivity (Wildman–Crippen MR) is 404 cm³/mol. The van der Waals surface area contributed by atoms with Crippen molar-refractivity contribution < 1.29 is 80.2 Å². The van der Waals surface area contributed by atoms with Crippen LogP contribution >= 0.6 is 15.6 Å². The topological polar surface area (TPSA) is 237 Å². The van der Waals surface area contributed by atoms with Gasteiger partial charge in [0.1, 0.15) is 19.3 Å². The Morgan fingerprint density at radius 2 is 0.485 bits per heavy atom. The highest BCUT2D eigenvalue weighted by atomic mass is 31.2. The normalized spacial score (nSPS) is 14.3. The fraction of sp³-hybridized carbons (Fsp3) is 0.950. The number of unbranched alkanes of at least 4 members (excludes halogenated alkanes) is 42. The van der Waals surface area contributed by atoms with Gasteiger partial charge in [-0.3, -0.25) is 37.3 Å². The largest absolute Gasteiger partial charge is 0.472 e. The molecule has 0 spiro atoms. The zero-order valence-corrected chi connectivity index (χ0v) is 66.9. The second kappa shape index (κ2) is 69.1. The van der Waals surface area contributed by atoms with Gasteiger partial charge in [-0.15, -0.1) is 0 Å². The SMILES string of the molecule is CCC(C)CCCCCCCCCCCCCCCCCCCCC(=O)O[C@H](COC(=O)CCCCCCCCC(C)C)COP(=O)(O)OC[C@H](O)COP(=O)(O)OC[C@@H](COC(=O)CCCCCCCCCCCC(C)C)OC(=O)CCCCCCCCCCCCCCCC(C)C. The number of carbonyl (C=O) groups excluding carboxylic acids is 4. The Bertz CT molecular complexity index is 1940. The number of rotatable bonds is 77. The van der Waals surface area contributed by atoms with Crippen molar-refractivity contribution in [1.82, 2.24) is 0 Å². The molecule has 0 aliphatic heterocycles. The van der Waals surface area contributed by atoms with E-state index in [1.807, 2.05) is 0 Å². The summed E-state index contributed by atoms with van der Waals surface area (Å²) in [6.07, 6.45) is 55.7. The molecule has 0 radical (unpaired) electrons. The quantitative estimate of drug-likeness (QED) is 0.0222. The van der Waals surface area contributed by atoms with E-state index in [0.29, 0.717) is 31.6 Å². The molecule has 0 rings (SSSR count). The number of aliphatic hydroxyl groups is 1. The van der Waals surface area contributed by atoms with E-state index < -0.39 is 97.5 Å². The monoisotopic (exact) mass is 1450 g/mol. The lowest BCUT2D eigenvalue weighted by atomic mass is 9.99. The summed E-state index contributed by atoms with van der Waals surface area (Å²) in [5.41, 5.74) is 0. The van der Waals surface area contributed by atoms with Gasteiger partial charge in [-0.2, -0.15) is 0 Å². The number of carbonyl (C=O) groups is 4. The number of phosphoric ester groups is 2. The molecule has 0 saturated carbocycles. The molecular weight excluding hydrogens is 1290 g/mol. The van der Waals surface area contributed by atoms with Crippen LogP contribution in [0.4, 0.5) is 0 Å². The lowest BCUT2D eigenvalue weighted by molar-refractivity contribution is -0.161. The van der Waals surface area contributed by atoms with Crippen molar-refractivity contribution >= 4 is 39.5 Å². The summed E-state index contributed by atoms with van der Waals surface area (Å²) in [5.74, 6) is 0.962. The van der Waals surface area contributed by atoms with Crippen LogP contribution in [-0.4, -0.2) is 96.7 Å². The smallest absolute Gasteiger partial charge is 0.462 e. The predicted octanol–water partition coefficient (Wildman–Crippen LogP) is 23.6. The Hall–Kier alpha value is -1.94. The average molecular weight is 1450 g/mol. The summed E-state index contributed by atoms with van der Waals surface area (Å²) >= 11 is 0. The minimum Gasteiger partial charge on any atom is -0.462 e. The van der Waals surface area contributed by atoms with Gasteiger partial charge < -0.3 is 33.8 Å². The summed E-state index contributed by atoms with van der Waals surface area (Å²) in [5, 5.41) is 10.6. The van der Waals surface area contributed by atoms with Crippen molar-refractivity contribution in [1.29, 1.82) is 0 Å². The first kappa shape index (κ1) is 97.1. The van der Waals surface area contributed by atoms with E-state index in [0.717, 1.165) is 114 Å². The standard InChI is InChI=1S/C80H156O17P2/c1-9-73(8)59-51-43-34-28-22-18-14-12-10-11-13-15-19-23-29-36-46-54-62-80(85)97-76(67-91-78(83)61-53-45-39-38-42-50-58-72(6)7)69-95-99(88,89)93-65-74(81)64-92-98(86,87)94-68-75(66-90-77(82)60-52-44-35-31-25-27-33-41-49-57-71(4)5)96-79(84)63-55-47-37-30-24-20-16-17-21-26-32-40-48-56-70(2)3/h70-76,81H,9-69H2,1-8H3,(H,86,87)(H,88,89)/t73?,74-,75-,76-/m1/s1. The maximum absolute atomic E-state index is 13.1. The number of ether oxygens (including phenoxy) is 4. The van der Waals surface area contributed by atoms with Crippen molar-refractivity contribution in [2.45, 2.75) is 427 Å². The molecule has 0 aromatic rings. The highest BCUT2D eigenvalue weighted by molar-refractivity contribution is 7.47. The van der Waals surface area contributed by atoms with Crippen molar-refractivity contribution in [3.05, 3.63) is 0 Å². The molecule has 0 aliphatic rings. The van der Waals surface area contributed by atoms with Crippen LogP contribution in [0.15, 0.2) is 0 Å². The summed E-state index contributed by atoms with van der Waals surface area (Å²) in [6, 6.07) is 0. The summed E-state index contributed by atoms with van der Waals surface area (Å²) in [7, 11) is -9.92. The molecule has 0 heterocycles. The Kier molecular flexibility index (Phi) is 67.8. The van der Waals surface area contributed by atoms with Crippen LogP contribution < -0.4 is 0 Å². The number of esters is 4. The summed E-state index contributed by atoms with van der Waals surface area (Å²) in [6.45, 7) is 14.2. The van der Waals surface area contributed by atoms with Gasteiger partial charge in [0.2, 0.25) is 0 Å². The van der Waals surface area contributed by atoms with Crippen molar-refractivity contribution in [2.24, 2.45) is 23.7 Å². The number of aliphatic hydroxyl groups excluding tert-OH is 1. The third kappa shape index (κ3) is 72.8. The van der Waals surface area contributed by atoms with E-state index in [4.69, 9.17) is 37.0 Å². The molecule has 0 aliphatic carbocycles. The molecule has 3 unspecified atom stereocenters. The van der Waals surface area contributed by atoms with E-state index in [1.165, 1.54) is 205 Å². The minimum atomic E-state index is -4.96. The molecule has 17 nitrogen and oxygen atoms in total. The first-order valence-corrected chi connectivity index (χ1v) is 44.2. The van der Waals surface area contributed by atoms with Crippen LogP contribution in [0, 0.1) is 23.7 Å². The molecule has 0 aromatic carbocycles. The third-order valence-electron chi connectivity index (χ3n) is 18.9. The molecule has 19 heteroatoms. The van der Waals surface area contributed by atoms with Crippen molar-refractivity contribution in [2.75, 3.05) is 39.6 Å². The zero-order chi connectivity index (χ0) is 73.1. The summed E-state index contributed by atoms with van der Waals surface area (Å²) < 4.78 is 68.6. The van der Waals surface area contributed by atoms with Crippen LogP contribution in [0.1, 0.15) is 409 Å². The molecule has 3 N–H and O–H groups in total. The van der Waals surface area contributed by atoms with E-state index in [2.05, 4.69) is 55.4 Å². The van der Waals surface area contributed by atoms with Gasteiger partial charge in [0.15, 0.2) is 12.2 Å². The number of hydrogen-bond donors (Lipinski definition) is 3. The van der Waals surface area contributed by atoms with Gasteiger partial charge in [-0.05, 0) is 49.4 Å². The van der Waals surface area contributed by atoms with E-state index in [1.54, 1.807) is 0 Å². The Labute approximate surface area is 607 Å². The van der Waals surface area contributed by atoms with Crippen LogP contribution in [0.25, 0.3) is 0 Å². The molecule has 0 aromatic heterocycles. The molecule has 0 saturated heterocycles. The van der Waals surface area contributed by atoms with E-state index in [9.17, 15) is 43.2 Å². The molecule has 588 valence electrons. The Morgan fingerprint density at radius 3 is 0.717 bits per heavy atom. The Morgan fingerprint density at radius 1 is 0.283 bits per heavy atom. The van der Waals surface area contributed by atoms with Gasteiger partial charge in [-0.25, -0.2) is 9.13 Å². The van der Waals surface area contributed by atoms with Gasteiger partial charge in [0, 0.05) is 25.7 Å². The van der Waals surface area contributed by atoms with E-state index in [-0.39, 0.29) is 25.7 Å². The third-order valence-corrected chi connectivity index (χ3v) is 20.8. The summed E-state index contributed by atoms with van der Waals surface area (Å²) in [4.78, 5) is 72.9. The average Bonchev–Trinajstić information content (AvgIpc) is 1.18. The van der Waals surface area contributed by atoms with E-state index >= 15 is 0 Å². The molecule has 6 atom stereocenters. The number of hydrogen-bond acceptors (Lipinski definition) is 15. The highest BCUT2D eigenvalue weighted by Crippen LogP contribution is 2.45. The van der Waals surface area contributed by atoms with Gasteiger partial charge in [0.05, 0.1) is 26.4 Å². The second-order valence-corrected chi connectivity index (χ2v) is 33.4. The molecular formula is C80H156O17P2. The number of phosphoric acid groups is 2. The molecule has 0 bridgehead atoms. The lowest BCUT2D eigenvalue weighted by Crippen LogP contribution is -2.30. The molecule has 0 amide bonds. The second-order valence-electron chi connectivity index (χ2n) is 30.5. The first-order valence-electron chi connectivity index (χ1n) is 41.2. The molecule has 99 heavy (non-hydrogen) atoms. The van der Waals surface area contributed by atoms with Crippen molar-refractivity contribution in [3.8, 4) is 0 Å². The van der Waals surface area contributed by atoms with Crippen LogP contribution in [0.3, 0.4) is 0 Å². The fourth-order valence-electron chi connectivity index (χ4n) is 12.2. The fourth-order valence-corrected chi connectivity index (χ4v) is 13.8. The maximum atomic E-state index is 13.1. The van der Waals surface area contributed by atoms with Crippen LogP contribution in [0.2, 0.25) is 0 Å². The lowest BCUT2D eigenvalue weighted by Gasteiger charge is -2.21. The zero-order valence-electron chi connectivity index (χ0n) is 65.1. The van der Waals surface area contributed by atoms with Crippen LogP contribution in [0.5, 0.6) is 0 Å². The van der Waals surface area contributed by atoms with Gasteiger partial charge in [0.25, 0.3) is 0 Å². The highest BCUT2D eigenvalue weighted by Gasteiger charge is 2.30. The molecule has 0 fully saturated rings. The Balaban J connectivity index is 5.17. The maximum Gasteiger partial charge on any atom is 0.472 e. The first-order chi connectivity index (χ1) is 47.6. The minimum absolute atomic E-state index is 0.106.